The summed E-state index contributed by atoms with van der Waals surface area (Å²) in [5.74, 6) is 0. The van der Waals surface area contributed by atoms with Crippen molar-refractivity contribution in [2.45, 2.75) is 13.1 Å². The molecule has 0 bridgehead atoms. The van der Waals surface area contributed by atoms with Crippen molar-refractivity contribution in [3.05, 3.63) is 57.2 Å². The monoisotopic (exact) mass is 357 g/mol. The molecular formula is C17H15N3S3. The molecule has 3 nitrogen and oxygen atoms in total. The number of benzene rings is 1. The lowest BCUT2D eigenvalue weighted by molar-refractivity contribution is 0.315. The molecule has 0 aliphatic carbocycles. The number of nitrogens with zero attached hydrogens (tertiary/aromatic N) is 3. The minimum absolute atomic E-state index is 0.844. The lowest BCUT2D eigenvalue weighted by atomic mass is 10.3. The van der Waals surface area contributed by atoms with E-state index in [0.29, 0.717) is 0 Å². The Bertz CT molecular complexity index is 875. The van der Waals surface area contributed by atoms with Gasteiger partial charge in [0.1, 0.15) is 10.0 Å². The molecule has 0 aliphatic rings. The second-order valence-electron chi connectivity index (χ2n) is 5.40. The van der Waals surface area contributed by atoms with Crippen LogP contribution in [-0.2, 0) is 13.1 Å². The number of thiophene rings is 1. The Kier molecular flexibility index (Phi) is 4.22. The number of hydrogen-bond donors (Lipinski definition) is 0. The van der Waals surface area contributed by atoms with Crippen LogP contribution in [0.1, 0.15) is 10.7 Å². The molecule has 4 aromatic rings. The van der Waals surface area contributed by atoms with Gasteiger partial charge < -0.3 is 0 Å². The van der Waals surface area contributed by atoms with E-state index in [2.05, 4.69) is 52.4 Å². The number of fused-ring (bicyclic) bond motifs is 1. The highest BCUT2D eigenvalue weighted by Gasteiger charge is 2.10. The first kappa shape index (κ1) is 15.0. The van der Waals surface area contributed by atoms with Crippen LogP contribution >= 0.6 is 34.0 Å². The summed E-state index contributed by atoms with van der Waals surface area (Å²) < 4.78 is 1.25. The van der Waals surface area contributed by atoms with Crippen LogP contribution in [0.4, 0.5) is 0 Å². The molecule has 0 atom stereocenters. The highest BCUT2D eigenvalue weighted by Crippen LogP contribution is 2.27. The molecule has 0 unspecified atom stereocenters. The van der Waals surface area contributed by atoms with Gasteiger partial charge in [0.2, 0.25) is 0 Å². The molecule has 116 valence electrons. The van der Waals surface area contributed by atoms with Crippen LogP contribution in [0.5, 0.6) is 0 Å². The zero-order chi connectivity index (χ0) is 15.6. The van der Waals surface area contributed by atoms with E-state index in [-0.39, 0.29) is 0 Å². The molecule has 0 saturated carbocycles. The molecule has 6 heteroatoms. The van der Waals surface area contributed by atoms with Gasteiger partial charge in [0, 0.05) is 22.9 Å². The van der Waals surface area contributed by atoms with Crippen LogP contribution in [0.25, 0.3) is 20.8 Å². The van der Waals surface area contributed by atoms with Crippen molar-refractivity contribution in [1.82, 2.24) is 14.9 Å². The van der Waals surface area contributed by atoms with E-state index >= 15 is 0 Å². The third-order valence-electron chi connectivity index (χ3n) is 3.50. The SMILES string of the molecule is CN(Cc1csc(-c2ccsc2)n1)Cc1nc2ccccc2s1. The van der Waals surface area contributed by atoms with Crippen LogP contribution in [0.3, 0.4) is 0 Å². The zero-order valence-corrected chi connectivity index (χ0v) is 15.0. The molecule has 0 saturated heterocycles. The van der Waals surface area contributed by atoms with Crippen molar-refractivity contribution in [2.24, 2.45) is 0 Å². The van der Waals surface area contributed by atoms with Gasteiger partial charge in [-0.3, -0.25) is 4.90 Å². The predicted octanol–water partition coefficient (Wildman–Crippen LogP) is 5.11. The molecule has 0 spiro atoms. The fourth-order valence-electron chi connectivity index (χ4n) is 2.45. The molecule has 0 radical (unpaired) electrons. The Morgan fingerprint density at radius 1 is 1.04 bits per heavy atom. The maximum atomic E-state index is 4.74. The van der Waals surface area contributed by atoms with E-state index < -0.39 is 0 Å². The van der Waals surface area contributed by atoms with E-state index in [9.17, 15) is 0 Å². The summed E-state index contributed by atoms with van der Waals surface area (Å²) in [4.78, 5) is 11.7. The van der Waals surface area contributed by atoms with Crippen molar-refractivity contribution >= 4 is 44.2 Å². The van der Waals surface area contributed by atoms with Crippen molar-refractivity contribution in [3.63, 3.8) is 0 Å². The molecule has 23 heavy (non-hydrogen) atoms. The topological polar surface area (TPSA) is 29.0 Å². The molecule has 0 N–H and O–H groups in total. The average molecular weight is 358 g/mol. The van der Waals surface area contributed by atoms with Gasteiger partial charge in [-0.15, -0.1) is 22.7 Å². The molecule has 0 aliphatic heterocycles. The van der Waals surface area contributed by atoms with Crippen molar-refractivity contribution < 1.29 is 0 Å². The summed E-state index contributed by atoms with van der Waals surface area (Å²) in [6.45, 7) is 1.70. The number of aromatic nitrogens is 2. The van der Waals surface area contributed by atoms with Crippen molar-refractivity contribution in [3.8, 4) is 10.6 Å². The smallest absolute Gasteiger partial charge is 0.124 e. The third-order valence-corrected chi connectivity index (χ3v) is 6.14. The number of thiazole rings is 2. The van der Waals surface area contributed by atoms with Crippen LogP contribution in [0.2, 0.25) is 0 Å². The Morgan fingerprint density at radius 3 is 2.78 bits per heavy atom. The first-order valence-corrected chi connectivity index (χ1v) is 9.92. The quantitative estimate of drug-likeness (QED) is 0.497. The Hall–Kier alpha value is -1.60. The summed E-state index contributed by atoms with van der Waals surface area (Å²) in [6, 6.07) is 10.4. The maximum absolute atomic E-state index is 4.74. The second-order valence-corrected chi connectivity index (χ2v) is 8.16. The third kappa shape index (κ3) is 3.35. The summed E-state index contributed by atoms with van der Waals surface area (Å²) in [6.07, 6.45) is 0. The van der Waals surface area contributed by atoms with E-state index in [0.717, 1.165) is 34.3 Å². The Labute approximate surface area is 146 Å². The minimum Gasteiger partial charge on any atom is -0.294 e. The van der Waals surface area contributed by atoms with Gasteiger partial charge in [0.25, 0.3) is 0 Å². The van der Waals surface area contributed by atoms with Crippen LogP contribution in [-0.4, -0.2) is 21.9 Å². The summed E-state index contributed by atoms with van der Waals surface area (Å²) in [5.41, 5.74) is 3.44. The molecular weight excluding hydrogens is 342 g/mol. The number of para-hydroxylation sites is 1. The van der Waals surface area contributed by atoms with E-state index in [1.807, 2.05) is 6.07 Å². The lowest BCUT2D eigenvalue weighted by Crippen LogP contribution is -2.17. The van der Waals surface area contributed by atoms with E-state index in [1.54, 1.807) is 34.0 Å². The van der Waals surface area contributed by atoms with Gasteiger partial charge in [-0.05, 0) is 30.6 Å². The molecule has 3 aromatic heterocycles. The lowest BCUT2D eigenvalue weighted by Gasteiger charge is -2.12. The fourth-order valence-corrected chi connectivity index (χ4v) is 5.02. The van der Waals surface area contributed by atoms with Crippen LogP contribution in [0.15, 0.2) is 46.5 Å². The zero-order valence-electron chi connectivity index (χ0n) is 12.6. The molecule has 0 amide bonds. The van der Waals surface area contributed by atoms with Crippen molar-refractivity contribution in [2.75, 3.05) is 7.05 Å². The predicted molar refractivity (Wildman–Crippen MR) is 100 cm³/mol. The highest BCUT2D eigenvalue weighted by atomic mass is 32.1. The Balaban J connectivity index is 1.44. The summed E-state index contributed by atoms with van der Waals surface area (Å²) >= 11 is 5.20. The summed E-state index contributed by atoms with van der Waals surface area (Å²) in [7, 11) is 2.12. The van der Waals surface area contributed by atoms with Gasteiger partial charge in [-0.2, -0.15) is 11.3 Å². The fraction of sp³-hybridized carbons (Fsp3) is 0.176. The van der Waals surface area contributed by atoms with Gasteiger partial charge in [0.05, 0.1) is 22.5 Å². The van der Waals surface area contributed by atoms with Crippen LogP contribution in [0, 0.1) is 0 Å². The number of hydrogen-bond acceptors (Lipinski definition) is 6. The highest BCUT2D eigenvalue weighted by molar-refractivity contribution is 7.18. The van der Waals surface area contributed by atoms with Gasteiger partial charge in [-0.25, -0.2) is 9.97 Å². The molecule has 0 fully saturated rings. The minimum atomic E-state index is 0.844. The van der Waals surface area contributed by atoms with Gasteiger partial charge in [-0.1, -0.05) is 12.1 Å². The van der Waals surface area contributed by atoms with Crippen LogP contribution < -0.4 is 0 Å². The Morgan fingerprint density at radius 2 is 1.96 bits per heavy atom. The van der Waals surface area contributed by atoms with Gasteiger partial charge in [0.15, 0.2) is 0 Å². The standard InChI is InChI=1S/C17H15N3S3/c1-20(9-16-19-14-4-2-3-5-15(14)23-16)8-13-11-22-17(18-13)12-6-7-21-10-12/h2-7,10-11H,8-9H2,1H3. The number of rotatable bonds is 5. The first-order valence-electron chi connectivity index (χ1n) is 7.28. The van der Waals surface area contributed by atoms with Gasteiger partial charge >= 0.3 is 0 Å². The normalized spacial score (nSPS) is 11.6. The summed E-state index contributed by atoms with van der Waals surface area (Å²) in [5, 5.41) is 8.65. The van der Waals surface area contributed by atoms with E-state index in [1.165, 1.54) is 10.3 Å². The first-order chi connectivity index (χ1) is 11.3. The molecule has 4 rings (SSSR count). The van der Waals surface area contributed by atoms with E-state index in [4.69, 9.17) is 9.97 Å². The van der Waals surface area contributed by atoms with Crippen molar-refractivity contribution in [1.29, 1.82) is 0 Å². The average Bonchev–Trinajstić information content (AvgIpc) is 3.26. The second kappa shape index (κ2) is 6.49. The largest absolute Gasteiger partial charge is 0.294 e. The maximum Gasteiger partial charge on any atom is 0.124 e. The molecule has 1 aromatic carbocycles. The molecule has 3 heterocycles.